The molecule has 0 unspecified atom stereocenters. The molecule has 1 aromatic carbocycles. The van der Waals surface area contributed by atoms with Crippen LogP contribution in [0.15, 0.2) is 47.9 Å². The molecular weight excluding hydrogens is 389 g/mol. The lowest BCUT2D eigenvalue weighted by atomic mass is 10.2. The second kappa shape index (κ2) is 7.66. The molecule has 9 heteroatoms. The molecule has 27 heavy (non-hydrogen) atoms. The molecule has 0 saturated heterocycles. The van der Waals surface area contributed by atoms with Crippen molar-refractivity contribution in [2.24, 2.45) is 0 Å². The van der Waals surface area contributed by atoms with Gasteiger partial charge in [-0.2, -0.15) is 0 Å². The molecule has 1 saturated carbocycles. The first-order valence-electron chi connectivity index (χ1n) is 8.35. The summed E-state index contributed by atoms with van der Waals surface area (Å²) in [5.41, 5.74) is 1.40. The van der Waals surface area contributed by atoms with Crippen molar-refractivity contribution in [1.82, 2.24) is 19.7 Å². The predicted molar refractivity (Wildman–Crippen MR) is 102 cm³/mol. The molecule has 6 nitrogen and oxygen atoms in total. The monoisotopic (exact) mass is 403 g/mol. The van der Waals surface area contributed by atoms with Gasteiger partial charge in [0, 0.05) is 29.7 Å². The van der Waals surface area contributed by atoms with E-state index in [1.807, 2.05) is 12.1 Å². The first kappa shape index (κ1) is 17.9. The van der Waals surface area contributed by atoms with Crippen LogP contribution in [0.5, 0.6) is 0 Å². The van der Waals surface area contributed by atoms with E-state index in [-0.39, 0.29) is 16.7 Å². The van der Waals surface area contributed by atoms with Crippen LogP contribution in [0.1, 0.15) is 18.9 Å². The predicted octanol–water partition coefficient (Wildman–Crippen LogP) is 4.20. The zero-order valence-corrected chi connectivity index (χ0v) is 15.7. The lowest BCUT2D eigenvalue weighted by molar-refractivity contribution is -0.113. The summed E-state index contributed by atoms with van der Waals surface area (Å²) in [7, 11) is 0. The zero-order chi connectivity index (χ0) is 18.8. The Bertz CT molecular complexity index is 977. The fourth-order valence-electron chi connectivity index (χ4n) is 2.64. The minimum absolute atomic E-state index is 0.0316. The van der Waals surface area contributed by atoms with Gasteiger partial charge in [-0.1, -0.05) is 23.4 Å². The molecule has 0 bridgehead atoms. The third-order valence-electron chi connectivity index (χ3n) is 4.05. The number of halogens is 2. The number of rotatable bonds is 6. The van der Waals surface area contributed by atoms with Crippen molar-refractivity contribution in [3.8, 4) is 11.4 Å². The van der Waals surface area contributed by atoms with Crippen LogP contribution in [-0.2, 0) is 4.79 Å². The van der Waals surface area contributed by atoms with E-state index in [2.05, 4.69) is 25.1 Å². The van der Waals surface area contributed by atoms with Crippen LogP contribution in [0.3, 0.4) is 0 Å². The maximum absolute atomic E-state index is 13.2. The molecule has 4 rings (SSSR count). The first-order chi connectivity index (χ1) is 13.1. The SMILES string of the molecule is O=C(CSc1nnc(-c2ccncc2)n1C1CC1)Nc1ccc(F)c(Cl)c1. The average molecular weight is 404 g/mol. The number of carbonyl (C=O) groups is 1. The summed E-state index contributed by atoms with van der Waals surface area (Å²) in [6.45, 7) is 0. The Labute approximate surface area is 164 Å². The third kappa shape index (κ3) is 4.12. The molecule has 2 heterocycles. The lowest BCUT2D eigenvalue weighted by Gasteiger charge is -2.09. The van der Waals surface area contributed by atoms with E-state index in [1.165, 1.54) is 30.0 Å². The van der Waals surface area contributed by atoms with Gasteiger partial charge < -0.3 is 5.32 Å². The van der Waals surface area contributed by atoms with Crippen molar-refractivity contribution in [3.63, 3.8) is 0 Å². The van der Waals surface area contributed by atoms with E-state index in [9.17, 15) is 9.18 Å². The number of thioether (sulfide) groups is 1. The molecule has 1 fully saturated rings. The van der Waals surface area contributed by atoms with Crippen molar-refractivity contribution >= 4 is 35.0 Å². The molecule has 1 N–H and O–H groups in total. The Kier molecular flexibility index (Phi) is 5.09. The van der Waals surface area contributed by atoms with Gasteiger partial charge in [0.25, 0.3) is 0 Å². The Morgan fingerprint density at radius 3 is 2.74 bits per heavy atom. The number of carbonyl (C=O) groups excluding carboxylic acids is 1. The van der Waals surface area contributed by atoms with Gasteiger partial charge in [-0.05, 0) is 43.2 Å². The minimum atomic E-state index is -0.523. The van der Waals surface area contributed by atoms with Gasteiger partial charge in [0.05, 0.1) is 10.8 Å². The Morgan fingerprint density at radius 1 is 1.26 bits per heavy atom. The number of nitrogens with zero attached hydrogens (tertiary/aromatic N) is 4. The molecular formula is C18H15ClFN5OS. The first-order valence-corrected chi connectivity index (χ1v) is 9.71. The topological polar surface area (TPSA) is 72.7 Å². The zero-order valence-electron chi connectivity index (χ0n) is 14.1. The van der Waals surface area contributed by atoms with Gasteiger partial charge in [0.1, 0.15) is 5.82 Å². The highest BCUT2D eigenvalue weighted by Crippen LogP contribution is 2.40. The minimum Gasteiger partial charge on any atom is -0.325 e. The fraction of sp³-hybridized carbons (Fsp3) is 0.222. The van der Waals surface area contributed by atoms with E-state index in [0.29, 0.717) is 16.9 Å². The average Bonchev–Trinajstić information content (AvgIpc) is 3.43. The summed E-state index contributed by atoms with van der Waals surface area (Å²) in [6.07, 6.45) is 5.58. The molecule has 2 aromatic heterocycles. The molecule has 1 aliphatic rings. The standard InChI is InChI=1S/C18H15ClFN5OS/c19-14-9-12(1-4-15(14)20)22-16(26)10-27-18-24-23-17(25(18)13-2-3-13)11-5-7-21-8-6-11/h1,4-9,13H,2-3,10H2,(H,22,26). The fourth-order valence-corrected chi connectivity index (χ4v) is 3.62. The number of pyridine rings is 1. The van der Waals surface area contributed by atoms with Crippen LogP contribution in [0.2, 0.25) is 5.02 Å². The maximum atomic E-state index is 13.2. The van der Waals surface area contributed by atoms with Crippen molar-refractivity contribution in [1.29, 1.82) is 0 Å². The number of benzene rings is 1. The number of hydrogen-bond acceptors (Lipinski definition) is 5. The molecule has 0 aliphatic heterocycles. The lowest BCUT2D eigenvalue weighted by Crippen LogP contribution is -2.14. The van der Waals surface area contributed by atoms with Crippen LogP contribution in [0.25, 0.3) is 11.4 Å². The van der Waals surface area contributed by atoms with Gasteiger partial charge >= 0.3 is 0 Å². The smallest absolute Gasteiger partial charge is 0.234 e. The maximum Gasteiger partial charge on any atom is 0.234 e. The largest absolute Gasteiger partial charge is 0.325 e. The van der Waals surface area contributed by atoms with E-state index in [1.54, 1.807) is 12.4 Å². The van der Waals surface area contributed by atoms with Gasteiger partial charge in [-0.3, -0.25) is 14.3 Å². The highest BCUT2D eigenvalue weighted by molar-refractivity contribution is 7.99. The summed E-state index contributed by atoms with van der Waals surface area (Å²) in [4.78, 5) is 16.3. The molecule has 0 radical (unpaired) electrons. The van der Waals surface area contributed by atoms with E-state index >= 15 is 0 Å². The van der Waals surface area contributed by atoms with Crippen LogP contribution >= 0.6 is 23.4 Å². The number of nitrogens with one attached hydrogen (secondary N) is 1. The molecule has 0 spiro atoms. The third-order valence-corrected chi connectivity index (χ3v) is 5.28. The second-order valence-corrected chi connectivity index (χ2v) is 7.46. The van der Waals surface area contributed by atoms with Gasteiger partial charge in [0.15, 0.2) is 11.0 Å². The molecule has 138 valence electrons. The van der Waals surface area contributed by atoms with Crippen molar-refractivity contribution in [2.45, 2.75) is 24.0 Å². The van der Waals surface area contributed by atoms with Crippen molar-refractivity contribution in [3.05, 3.63) is 53.6 Å². The Hall–Kier alpha value is -2.45. The number of aromatic nitrogens is 4. The van der Waals surface area contributed by atoms with Gasteiger partial charge in [-0.25, -0.2) is 4.39 Å². The summed E-state index contributed by atoms with van der Waals surface area (Å²) in [5, 5.41) is 11.9. The normalized spacial score (nSPS) is 13.6. The van der Waals surface area contributed by atoms with E-state index < -0.39 is 5.82 Å². The number of amides is 1. The summed E-state index contributed by atoms with van der Waals surface area (Å²) in [5.74, 6) is 0.202. The highest BCUT2D eigenvalue weighted by Gasteiger charge is 2.30. The Morgan fingerprint density at radius 2 is 2.04 bits per heavy atom. The number of hydrogen-bond donors (Lipinski definition) is 1. The number of anilines is 1. The molecule has 1 aliphatic carbocycles. The van der Waals surface area contributed by atoms with E-state index in [0.717, 1.165) is 24.2 Å². The van der Waals surface area contributed by atoms with Crippen LogP contribution in [0.4, 0.5) is 10.1 Å². The summed E-state index contributed by atoms with van der Waals surface area (Å²) in [6, 6.07) is 8.22. The molecule has 1 amide bonds. The summed E-state index contributed by atoms with van der Waals surface area (Å²) >= 11 is 7.06. The van der Waals surface area contributed by atoms with Crippen LogP contribution in [-0.4, -0.2) is 31.4 Å². The van der Waals surface area contributed by atoms with Crippen molar-refractivity contribution < 1.29 is 9.18 Å². The van der Waals surface area contributed by atoms with Crippen LogP contribution < -0.4 is 5.32 Å². The Balaban J connectivity index is 1.46. The van der Waals surface area contributed by atoms with Crippen molar-refractivity contribution in [2.75, 3.05) is 11.1 Å². The summed E-state index contributed by atoms with van der Waals surface area (Å²) < 4.78 is 15.3. The van der Waals surface area contributed by atoms with Gasteiger partial charge in [0.2, 0.25) is 5.91 Å². The quantitative estimate of drug-likeness (QED) is 0.624. The molecule has 0 atom stereocenters. The van der Waals surface area contributed by atoms with Crippen LogP contribution in [0, 0.1) is 5.82 Å². The second-order valence-electron chi connectivity index (χ2n) is 6.11. The van der Waals surface area contributed by atoms with Gasteiger partial charge in [-0.15, -0.1) is 10.2 Å². The van der Waals surface area contributed by atoms with E-state index in [4.69, 9.17) is 11.6 Å². The highest BCUT2D eigenvalue weighted by atomic mass is 35.5. The molecule has 3 aromatic rings.